The molecule has 4 heteroatoms. The zero-order valence-corrected chi connectivity index (χ0v) is 16.8. The van der Waals surface area contributed by atoms with E-state index in [1.807, 2.05) is 24.3 Å². The summed E-state index contributed by atoms with van der Waals surface area (Å²) in [5.74, 6) is 1.51. The number of phenols is 2. The van der Waals surface area contributed by atoms with Gasteiger partial charge in [-0.25, -0.2) is 0 Å². The predicted octanol–water partition coefficient (Wildman–Crippen LogP) is 5.19. The lowest BCUT2D eigenvalue weighted by Gasteiger charge is -2.30. The van der Waals surface area contributed by atoms with Gasteiger partial charge in [0.1, 0.15) is 11.5 Å². The van der Waals surface area contributed by atoms with Crippen LogP contribution in [-0.4, -0.2) is 34.7 Å². The fraction of sp³-hybridized carbons (Fsp3) is 0.478. The van der Waals surface area contributed by atoms with Crippen molar-refractivity contribution in [2.45, 2.75) is 44.9 Å². The van der Waals surface area contributed by atoms with E-state index in [4.69, 9.17) is 0 Å². The van der Waals surface area contributed by atoms with Gasteiger partial charge in [-0.3, -0.25) is 0 Å². The van der Waals surface area contributed by atoms with Crippen LogP contribution in [0.15, 0.2) is 48.5 Å². The molecule has 1 aliphatic rings. The molecule has 1 fully saturated rings. The molecule has 3 rings (SSSR count). The molecule has 0 bridgehead atoms. The first-order chi connectivity index (χ1) is 12.7. The van der Waals surface area contributed by atoms with Gasteiger partial charge in [-0.2, -0.15) is 0 Å². The summed E-state index contributed by atoms with van der Waals surface area (Å²) in [6.45, 7) is 3.19. The Bertz CT molecular complexity index is 636. The van der Waals surface area contributed by atoms with Gasteiger partial charge < -0.3 is 15.1 Å². The maximum Gasteiger partial charge on any atom is 0.115 e. The van der Waals surface area contributed by atoms with Crippen LogP contribution < -0.4 is 0 Å². The second kappa shape index (κ2) is 11.2. The Balaban J connectivity index is 0.00000261. The van der Waals surface area contributed by atoms with Crippen molar-refractivity contribution in [1.82, 2.24) is 4.90 Å². The summed E-state index contributed by atoms with van der Waals surface area (Å²) < 4.78 is 0. The highest BCUT2D eigenvalue weighted by molar-refractivity contribution is 5.85. The van der Waals surface area contributed by atoms with E-state index in [2.05, 4.69) is 17.0 Å². The minimum atomic E-state index is 0. The maximum absolute atomic E-state index is 9.68. The smallest absolute Gasteiger partial charge is 0.115 e. The zero-order valence-electron chi connectivity index (χ0n) is 16.0. The zero-order chi connectivity index (χ0) is 18.2. The molecular weight excluding hydrogens is 358 g/mol. The molecule has 0 atom stereocenters. The number of benzene rings is 2. The molecular formula is C23H32ClNO2. The number of nitrogens with zero attached hydrogens (tertiary/aromatic N) is 1. The number of aromatic hydroxyl groups is 2. The number of hydrogen-bond acceptors (Lipinski definition) is 3. The van der Waals surface area contributed by atoms with E-state index in [-0.39, 0.29) is 12.4 Å². The van der Waals surface area contributed by atoms with Crippen LogP contribution in [0.25, 0.3) is 0 Å². The van der Waals surface area contributed by atoms with E-state index in [9.17, 15) is 10.2 Å². The Hall–Kier alpha value is -1.71. The first-order valence-electron chi connectivity index (χ1n) is 9.97. The highest BCUT2D eigenvalue weighted by atomic mass is 35.5. The Morgan fingerprint density at radius 2 is 1.30 bits per heavy atom. The van der Waals surface area contributed by atoms with Crippen molar-refractivity contribution < 1.29 is 10.2 Å². The molecule has 0 heterocycles. The van der Waals surface area contributed by atoms with E-state index < -0.39 is 0 Å². The molecule has 148 valence electrons. The molecule has 0 aromatic heterocycles. The van der Waals surface area contributed by atoms with E-state index in [1.54, 1.807) is 12.1 Å². The Morgan fingerprint density at radius 3 is 1.78 bits per heavy atom. The highest BCUT2D eigenvalue weighted by Crippen LogP contribution is 2.25. The fourth-order valence-corrected chi connectivity index (χ4v) is 4.03. The van der Waals surface area contributed by atoms with Gasteiger partial charge in [0.2, 0.25) is 0 Å². The maximum atomic E-state index is 9.68. The van der Waals surface area contributed by atoms with Gasteiger partial charge in [0.25, 0.3) is 0 Å². The first kappa shape index (κ1) is 21.6. The molecule has 0 radical (unpaired) electrons. The molecule has 3 nitrogen and oxygen atoms in total. The van der Waals surface area contributed by atoms with Crippen molar-refractivity contribution in [1.29, 1.82) is 0 Å². The third-order valence-corrected chi connectivity index (χ3v) is 5.50. The average molecular weight is 390 g/mol. The lowest BCUT2D eigenvalue weighted by Crippen LogP contribution is -2.34. The van der Waals surface area contributed by atoms with Crippen LogP contribution in [0.5, 0.6) is 11.5 Å². The van der Waals surface area contributed by atoms with Gasteiger partial charge in [-0.05, 0) is 67.0 Å². The number of phenolic OH excluding ortho intramolecular Hbond substituents is 2. The van der Waals surface area contributed by atoms with Crippen LogP contribution in [0, 0.1) is 5.92 Å². The molecule has 1 aliphatic carbocycles. The summed E-state index contributed by atoms with van der Waals surface area (Å²) in [4.78, 5) is 2.57. The monoisotopic (exact) mass is 389 g/mol. The lowest BCUT2D eigenvalue weighted by molar-refractivity contribution is 0.204. The molecule has 0 spiro atoms. The molecule has 2 N–H and O–H groups in total. The Labute approximate surface area is 169 Å². The molecule has 2 aromatic carbocycles. The van der Waals surface area contributed by atoms with Crippen molar-refractivity contribution in [3.8, 4) is 11.5 Å². The predicted molar refractivity (Wildman–Crippen MR) is 114 cm³/mol. The highest BCUT2D eigenvalue weighted by Gasteiger charge is 2.17. The third kappa shape index (κ3) is 7.43. The molecule has 27 heavy (non-hydrogen) atoms. The lowest BCUT2D eigenvalue weighted by atomic mass is 9.89. The van der Waals surface area contributed by atoms with E-state index in [0.29, 0.717) is 11.5 Å². The average Bonchev–Trinajstić information content (AvgIpc) is 2.65. The van der Waals surface area contributed by atoms with Crippen molar-refractivity contribution >= 4 is 12.4 Å². The summed E-state index contributed by atoms with van der Waals surface area (Å²) >= 11 is 0. The second-order valence-electron chi connectivity index (χ2n) is 7.64. The molecule has 0 aliphatic heterocycles. The topological polar surface area (TPSA) is 43.7 Å². The van der Waals surface area contributed by atoms with Gasteiger partial charge in [0.05, 0.1) is 0 Å². The molecule has 1 saturated carbocycles. The standard InChI is InChI=1S/C23H31NO2.ClH/c25-22-10-4-8-19(16-22)12-14-24(18-21-6-2-1-3-7-21)15-13-20-9-5-11-23(26)17-20;/h4-5,8-11,16-17,21,25-26H,1-3,6-7,12-15,18H2;1H. The van der Waals surface area contributed by atoms with Gasteiger partial charge in [-0.1, -0.05) is 43.5 Å². The Morgan fingerprint density at radius 1 is 0.778 bits per heavy atom. The Kier molecular flexibility index (Phi) is 8.96. The SMILES string of the molecule is Cl.Oc1cccc(CCN(CCc2cccc(O)c2)CC2CCCCC2)c1. The molecule has 0 amide bonds. The van der Waals surface area contributed by atoms with Crippen LogP contribution in [0.4, 0.5) is 0 Å². The largest absolute Gasteiger partial charge is 0.508 e. The quantitative estimate of drug-likeness (QED) is 0.653. The summed E-state index contributed by atoms with van der Waals surface area (Å²) in [5, 5.41) is 19.4. The van der Waals surface area contributed by atoms with Crippen LogP contribution >= 0.6 is 12.4 Å². The minimum absolute atomic E-state index is 0. The van der Waals surface area contributed by atoms with Gasteiger partial charge in [0, 0.05) is 19.6 Å². The third-order valence-electron chi connectivity index (χ3n) is 5.50. The summed E-state index contributed by atoms with van der Waals surface area (Å²) in [7, 11) is 0. The van der Waals surface area contributed by atoms with E-state index in [1.165, 1.54) is 43.2 Å². The summed E-state index contributed by atoms with van der Waals surface area (Å²) in [6, 6.07) is 15.2. The van der Waals surface area contributed by atoms with Crippen molar-refractivity contribution in [3.63, 3.8) is 0 Å². The van der Waals surface area contributed by atoms with E-state index >= 15 is 0 Å². The van der Waals surface area contributed by atoms with Crippen LogP contribution in [0.2, 0.25) is 0 Å². The van der Waals surface area contributed by atoms with Crippen molar-refractivity contribution in [3.05, 3.63) is 59.7 Å². The second-order valence-corrected chi connectivity index (χ2v) is 7.64. The van der Waals surface area contributed by atoms with Gasteiger partial charge in [-0.15, -0.1) is 12.4 Å². The number of rotatable bonds is 8. The summed E-state index contributed by atoms with van der Waals surface area (Å²) in [6.07, 6.45) is 8.77. The fourth-order valence-electron chi connectivity index (χ4n) is 4.03. The van der Waals surface area contributed by atoms with Crippen LogP contribution in [0.1, 0.15) is 43.2 Å². The minimum Gasteiger partial charge on any atom is -0.508 e. The van der Waals surface area contributed by atoms with E-state index in [0.717, 1.165) is 38.4 Å². The normalized spacial score (nSPS) is 14.9. The number of halogens is 1. The van der Waals surface area contributed by atoms with Crippen molar-refractivity contribution in [2.24, 2.45) is 5.92 Å². The molecule has 0 saturated heterocycles. The van der Waals surface area contributed by atoms with Gasteiger partial charge in [0.15, 0.2) is 0 Å². The van der Waals surface area contributed by atoms with Gasteiger partial charge >= 0.3 is 0 Å². The van der Waals surface area contributed by atoms with Crippen molar-refractivity contribution in [2.75, 3.05) is 19.6 Å². The summed E-state index contributed by atoms with van der Waals surface area (Å²) in [5.41, 5.74) is 2.38. The molecule has 0 unspecified atom stereocenters. The number of hydrogen-bond donors (Lipinski definition) is 2. The van der Waals surface area contributed by atoms with Crippen LogP contribution in [0.3, 0.4) is 0 Å². The first-order valence-corrected chi connectivity index (χ1v) is 9.97. The van der Waals surface area contributed by atoms with Crippen LogP contribution in [-0.2, 0) is 12.8 Å². The molecule has 2 aromatic rings.